The highest BCUT2D eigenvalue weighted by molar-refractivity contribution is 6.29. The first-order valence-electron chi connectivity index (χ1n) is 11.9. The van der Waals surface area contributed by atoms with E-state index >= 15 is 0 Å². The zero-order valence-corrected chi connectivity index (χ0v) is 20.0. The number of nitrogens with zero attached hydrogens (tertiary/aromatic N) is 4. The summed E-state index contributed by atoms with van der Waals surface area (Å²) in [6.45, 7) is -0.971. The molecule has 5 rings (SSSR count). The third-order valence-corrected chi connectivity index (χ3v) is 6.50. The van der Waals surface area contributed by atoms with Gasteiger partial charge in [-0.15, -0.1) is 5.10 Å². The largest absolute Gasteiger partial charge is 0.401 e. The van der Waals surface area contributed by atoms with E-state index in [2.05, 4.69) is 36.3 Å². The van der Waals surface area contributed by atoms with E-state index in [0.29, 0.717) is 48.9 Å². The molecule has 1 amide bonds. The standard InChI is InChI=1S/C23H26ClF3N8O/c24-19-9-16(7-8-28-19)33-22(36)18-11-29-21-17(31-14-5-6-14)10-20(34-35(18)21)32-15-3-1-13(2-4-15)30-12-23(25,26)27/h7-11,13-15,30-31H,1-6,12H2,(H,32,34)(H,28,33,36)/t13-,15-. The van der Waals surface area contributed by atoms with Crippen molar-refractivity contribution in [2.45, 2.75) is 62.8 Å². The fraction of sp³-hybridized carbons (Fsp3) is 0.478. The Kier molecular flexibility index (Phi) is 6.89. The van der Waals surface area contributed by atoms with Crippen molar-refractivity contribution in [2.24, 2.45) is 0 Å². The SMILES string of the molecule is O=C(Nc1ccnc(Cl)c1)c1cnc2c(NC3CC3)cc(N[C@H]3CC[C@H](NCC(F)(F)F)CC3)nn12. The Bertz CT molecular complexity index is 1240. The lowest BCUT2D eigenvalue weighted by Gasteiger charge is -2.30. The molecule has 4 N–H and O–H groups in total. The minimum atomic E-state index is -4.21. The molecule has 2 aliphatic carbocycles. The zero-order chi connectivity index (χ0) is 25.3. The van der Waals surface area contributed by atoms with Gasteiger partial charge >= 0.3 is 6.18 Å². The summed E-state index contributed by atoms with van der Waals surface area (Å²) in [5.41, 5.74) is 2.05. The van der Waals surface area contributed by atoms with E-state index in [9.17, 15) is 18.0 Å². The molecule has 0 radical (unpaired) electrons. The molecule has 0 saturated heterocycles. The quantitative estimate of drug-likeness (QED) is 0.323. The highest BCUT2D eigenvalue weighted by atomic mass is 35.5. The van der Waals surface area contributed by atoms with Crippen LogP contribution >= 0.6 is 11.6 Å². The minimum Gasteiger partial charge on any atom is -0.379 e. The van der Waals surface area contributed by atoms with Gasteiger partial charge in [0, 0.05) is 36.1 Å². The number of hydrogen-bond donors (Lipinski definition) is 4. The number of nitrogens with one attached hydrogen (secondary N) is 4. The van der Waals surface area contributed by atoms with Crippen LogP contribution in [0.25, 0.3) is 5.65 Å². The van der Waals surface area contributed by atoms with Crippen molar-refractivity contribution in [3.8, 4) is 0 Å². The highest BCUT2D eigenvalue weighted by Crippen LogP contribution is 2.30. The number of pyridine rings is 1. The van der Waals surface area contributed by atoms with E-state index in [1.165, 1.54) is 16.9 Å². The van der Waals surface area contributed by atoms with Crippen LogP contribution in [0.1, 0.15) is 49.0 Å². The number of amides is 1. The van der Waals surface area contributed by atoms with Gasteiger partial charge in [0.2, 0.25) is 0 Å². The Morgan fingerprint density at radius 3 is 2.42 bits per heavy atom. The number of rotatable bonds is 8. The lowest BCUT2D eigenvalue weighted by atomic mass is 9.91. The third kappa shape index (κ3) is 6.16. The second-order valence-corrected chi connectivity index (χ2v) is 9.64. The molecule has 0 atom stereocenters. The number of aromatic nitrogens is 4. The molecule has 3 aromatic heterocycles. The summed E-state index contributed by atoms with van der Waals surface area (Å²) in [6, 6.07) is 5.31. The Morgan fingerprint density at radius 2 is 1.72 bits per heavy atom. The maximum absolute atomic E-state index is 13.0. The fourth-order valence-electron chi connectivity index (χ4n) is 4.33. The highest BCUT2D eigenvalue weighted by Gasteiger charge is 2.30. The average Bonchev–Trinajstić information content (AvgIpc) is 3.53. The van der Waals surface area contributed by atoms with Crippen LogP contribution in [0.2, 0.25) is 5.15 Å². The minimum absolute atomic E-state index is 0.0624. The normalized spacial score (nSPS) is 20.3. The first-order chi connectivity index (χ1) is 17.2. The van der Waals surface area contributed by atoms with E-state index in [4.69, 9.17) is 11.6 Å². The molecule has 0 unspecified atom stereocenters. The molecule has 3 heterocycles. The van der Waals surface area contributed by atoms with Crippen molar-refractivity contribution < 1.29 is 18.0 Å². The molecule has 0 aromatic carbocycles. The van der Waals surface area contributed by atoms with Crippen LogP contribution < -0.4 is 21.3 Å². The maximum atomic E-state index is 13.0. The van der Waals surface area contributed by atoms with Crippen LogP contribution in [-0.4, -0.2) is 56.3 Å². The van der Waals surface area contributed by atoms with Crippen molar-refractivity contribution in [1.82, 2.24) is 24.9 Å². The van der Waals surface area contributed by atoms with Crippen LogP contribution in [-0.2, 0) is 0 Å². The van der Waals surface area contributed by atoms with Gasteiger partial charge in [-0.3, -0.25) is 4.79 Å². The molecule has 2 saturated carbocycles. The van der Waals surface area contributed by atoms with Crippen LogP contribution in [0, 0.1) is 0 Å². The van der Waals surface area contributed by atoms with Gasteiger partial charge < -0.3 is 21.3 Å². The summed E-state index contributed by atoms with van der Waals surface area (Å²) < 4.78 is 39.0. The third-order valence-electron chi connectivity index (χ3n) is 6.29. The molecule has 0 spiro atoms. The van der Waals surface area contributed by atoms with Gasteiger partial charge in [0.15, 0.2) is 11.3 Å². The molecule has 36 heavy (non-hydrogen) atoms. The number of carbonyl (C=O) groups excluding carboxylic acids is 1. The number of alkyl halides is 3. The second-order valence-electron chi connectivity index (χ2n) is 9.25. The lowest BCUT2D eigenvalue weighted by Crippen LogP contribution is -2.41. The number of carbonyl (C=O) groups is 1. The Labute approximate surface area is 210 Å². The predicted molar refractivity (Wildman–Crippen MR) is 131 cm³/mol. The summed E-state index contributed by atoms with van der Waals surface area (Å²) in [5, 5.41) is 17.1. The molecule has 0 aliphatic heterocycles. The van der Waals surface area contributed by atoms with Crippen molar-refractivity contribution in [3.63, 3.8) is 0 Å². The number of imidazole rings is 1. The van der Waals surface area contributed by atoms with Crippen LogP contribution in [0.3, 0.4) is 0 Å². The summed E-state index contributed by atoms with van der Waals surface area (Å²) in [7, 11) is 0. The van der Waals surface area contributed by atoms with Gasteiger partial charge in [-0.25, -0.2) is 14.5 Å². The Balaban J connectivity index is 1.32. The topological polar surface area (TPSA) is 108 Å². The smallest absolute Gasteiger partial charge is 0.379 e. The van der Waals surface area contributed by atoms with Crippen molar-refractivity contribution in [3.05, 3.63) is 41.4 Å². The molecule has 2 fully saturated rings. The average molecular weight is 523 g/mol. The van der Waals surface area contributed by atoms with Crippen LogP contribution in [0.5, 0.6) is 0 Å². The van der Waals surface area contributed by atoms with E-state index in [1.54, 1.807) is 12.1 Å². The molecule has 0 bridgehead atoms. The predicted octanol–water partition coefficient (Wildman–Crippen LogP) is 4.48. The monoisotopic (exact) mass is 522 g/mol. The molecule has 2 aliphatic rings. The van der Waals surface area contributed by atoms with Gasteiger partial charge in [-0.1, -0.05) is 11.6 Å². The summed E-state index contributed by atoms with van der Waals surface area (Å²) in [6.07, 6.45) is 3.57. The van der Waals surface area contributed by atoms with Crippen molar-refractivity contribution in [2.75, 3.05) is 22.5 Å². The molecule has 192 valence electrons. The maximum Gasteiger partial charge on any atom is 0.401 e. The molecular formula is C23H26ClF3N8O. The fourth-order valence-corrected chi connectivity index (χ4v) is 4.51. The Morgan fingerprint density at radius 1 is 1.03 bits per heavy atom. The molecular weight excluding hydrogens is 497 g/mol. The summed E-state index contributed by atoms with van der Waals surface area (Å²) in [5.74, 6) is 0.166. The van der Waals surface area contributed by atoms with Crippen LogP contribution in [0.4, 0.5) is 30.4 Å². The van der Waals surface area contributed by atoms with E-state index in [1.807, 2.05) is 6.07 Å². The van der Waals surface area contributed by atoms with Gasteiger partial charge in [0.1, 0.15) is 11.0 Å². The summed E-state index contributed by atoms with van der Waals surface area (Å²) in [4.78, 5) is 21.4. The first kappa shape index (κ1) is 24.6. The molecule has 13 heteroatoms. The van der Waals surface area contributed by atoms with Crippen LogP contribution in [0.15, 0.2) is 30.6 Å². The first-order valence-corrected chi connectivity index (χ1v) is 12.3. The second kappa shape index (κ2) is 10.1. The number of hydrogen-bond acceptors (Lipinski definition) is 7. The van der Waals surface area contributed by atoms with E-state index in [0.717, 1.165) is 18.5 Å². The molecule has 9 nitrogen and oxygen atoms in total. The Hall–Kier alpha value is -3.12. The van der Waals surface area contributed by atoms with Gasteiger partial charge in [-0.2, -0.15) is 13.2 Å². The van der Waals surface area contributed by atoms with Gasteiger partial charge in [0.05, 0.1) is 18.4 Å². The number of anilines is 3. The van der Waals surface area contributed by atoms with E-state index < -0.39 is 18.6 Å². The zero-order valence-electron chi connectivity index (χ0n) is 19.3. The van der Waals surface area contributed by atoms with Crippen molar-refractivity contribution >= 4 is 40.3 Å². The van der Waals surface area contributed by atoms with E-state index in [-0.39, 0.29) is 22.9 Å². The van der Waals surface area contributed by atoms with Gasteiger partial charge in [0.25, 0.3) is 5.91 Å². The van der Waals surface area contributed by atoms with Crippen molar-refractivity contribution in [1.29, 1.82) is 0 Å². The summed E-state index contributed by atoms with van der Waals surface area (Å²) >= 11 is 5.92. The lowest BCUT2D eigenvalue weighted by molar-refractivity contribution is -0.126. The number of fused-ring (bicyclic) bond motifs is 1. The molecule has 3 aromatic rings. The van der Waals surface area contributed by atoms with Gasteiger partial charge in [-0.05, 0) is 50.7 Å². The number of halogens is 4.